The lowest BCUT2D eigenvalue weighted by atomic mass is 10.7. The van der Waals surface area contributed by atoms with Gasteiger partial charge in [0.1, 0.15) is 12.2 Å². The second-order valence-corrected chi connectivity index (χ2v) is 3.72. The van der Waals surface area contributed by atoms with Crippen LogP contribution in [-0.4, -0.2) is 33.0 Å². The molecule has 5 nitrogen and oxygen atoms in total. The van der Waals surface area contributed by atoms with Crippen LogP contribution >= 0.6 is 11.8 Å². The van der Waals surface area contributed by atoms with Crippen LogP contribution in [0.2, 0.25) is 0 Å². The molecule has 1 aromatic heterocycles. The van der Waals surface area contributed by atoms with Crippen molar-refractivity contribution in [3.8, 4) is 0 Å². The van der Waals surface area contributed by atoms with Crippen LogP contribution in [0.25, 0.3) is 0 Å². The van der Waals surface area contributed by atoms with Crippen LogP contribution in [0.15, 0.2) is 11.3 Å². The van der Waals surface area contributed by atoms with Crippen molar-refractivity contribution in [2.24, 2.45) is 12.0 Å². The zero-order chi connectivity index (χ0) is 9.10. The quantitative estimate of drug-likeness (QED) is 0.725. The number of nitrogens with one attached hydrogen (secondary N) is 1. The summed E-state index contributed by atoms with van der Waals surface area (Å²) in [5, 5.41) is 12.0. The van der Waals surface area contributed by atoms with E-state index in [0.29, 0.717) is 0 Å². The molecule has 1 aliphatic rings. The van der Waals surface area contributed by atoms with Crippen molar-refractivity contribution < 1.29 is 0 Å². The second kappa shape index (κ2) is 3.78. The van der Waals surface area contributed by atoms with Crippen LogP contribution in [0.1, 0.15) is 5.82 Å². The predicted octanol–water partition coefficient (Wildman–Crippen LogP) is 0.00750. The van der Waals surface area contributed by atoms with Crippen molar-refractivity contribution in [3.05, 3.63) is 12.2 Å². The molecule has 6 heteroatoms. The van der Waals surface area contributed by atoms with Crippen molar-refractivity contribution >= 4 is 16.9 Å². The average molecular weight is 197 g/mol. The highest BCUT2D eigenvalue weighted by Crippen LogP contribution is 2.11. The molecule has 0 saturated heterocycles. The highest BCUT2D eigenvalue weighted by atomic mass is 32.2. The average Bonchev–Trinajstić information content (AvgIpc) is 2.72. The molecule has 0 bridgehead atoms. The molecule has 1 aromatic rings. The molecular weight excluding hydrogens is 186 g/mol. The Hall–Kier alpha value is -1.04. The lowest BCUT2D eigenvalue weighted by molar-refractivity contribution is 0.850. The third-order valence-electron chi connectivity index (χ3n) is 1.79. The zero-order valence-electron chi connectivity index (χ0n) is 7.40. The number of hydrogen-bond acceptors (Lipinski definition) is 5. The normalized spacial score (nSPS) is 15.6. The van der Waals surface area contributed by atoms with Gasteiger partial charge in [0.25, 0.3) is 0 Å². The van der Waals surface area contributed by atoms with Gasteiger partial charge < -0.3 is 9.88 Å². The zero-order valence-corrected chi connectivity index (χ0v) is 8.21. The Balaban J connectivity index is 1.89. The van der Waals surface area contributed by atoms with Crippen LogP contribution in [0, 0.1) is 0 Å². The summed E-state index contributed by atoms with van der Waals surface area (Å²) in [4.78, 5) is 4.28. The first-order valence-electron chi connectivity index (χ1n) is 4.10. The highest BCUT2D eigenvalue weighted by molar-refractivity contribution is 8.13. The maximum Gasteiger partial charge on any atom is 0.157 e. The van der Waals surface area contributed by atoms with E-state index in [1.54, 1.807) is 18.1 Å². The Morgan fingerprint density at radius 1 is 1.69 bits per heavy atom. The maximum atomic E-state index is 4.28. The van der Waals surface area contributed by atoms with Crippen molar-refractivity contribution in [2.45, 2.75) is 5.75 Å². The van der Waals surface area contributed by atoms with E-state index < -0.39 is 0 Å². The molecule has 2 heterocycles. The monoisotopic (exact) mass is 197 g/mol. The smallest absolute Gasteiger partial charge is 0.157 e. The molecule has 2 rings (SSSR count). The minimum absolute atomic E-state index is 0.822. The summed E-state index contributed by atoms with van der Waals surface area (Å²) in [7, 11) is 1.94. The first kappa shape index (κ1) is 8.55. The number of hydrogen-bond donors (Lipinski definition) is 1. The van der Waals surface area contributed by atoms with Crippen LogP contribution < -0.4 is 5.32 Å². The van der Waals surface area contributed by atoms with Gasteiger partial charge in [-0.15, -0.1) is 10.2 Å². The van der Waals surface area contributed by atoms with E-state index in [-0.39, 0.29) is 0 Å². The topological polar surface area (TPSA) is 55.1 Å². The summed E-state index contributed by atoms with van der Waals surface area (Å²) in [5.41, 5.74) is 0. The van der Waals surface area contributed by atoms with Gasteiger partial charge in [0, 0.05) is 13.6 Å². The molecular formula is C7H11N5S. The fraction of sp³-hybridized carbons (Fsp3) is 0.571. The van der Waals surface area contributed by atoms with E-state index >= 15 is 0 Å². The Morgan fingerprint density at radius 3 is 3.23 bits per heavy atom. The van der Waals surface area contributed by atoms with Crippen molar-refractivity contribution in [1.82, 2.24) is 20.1 Å². The molecule has 0 radical (unpaired) electrons. The summed E-state index contributed by atoms with van der Waals surface area (Å²) in [5.74, 6) is 1.80. The lowest BCUT2D eigenvalue weighted by Crippen LogP contribution is -2.15. The molecule has 0 spiro atoms. The number of aryl methyl sites for hydroxylation is 1. The Morgan fingerprint density at radius 2 is 2.62 bits per heavy atom. The number of amidine groups is 1. The van der Waals surface area contributed by atoms with Crippen LogP contribution in [0.3, 0.4) is 0 Å². The van der Waals surface area contributed by atoms with Gasteiger partial charge in [-0.05, 0) is 0 Å². The number of thioether (sulfide) groups is 1. The summed E-state index contributed by atoms with van der Waals surface area (Å²) in [6.45, 7) is 1.85. The third kappa shape index (κ3) is 2.00. The van der Waals surface area contributed by atoms with Gasteiger partial charge in [-0.3, -0.25) is 4.99 Å². The highest BCUT2D eigenvalue weighted by Gasteiger charge is 2.07. The molecule has 0 saturated carbocycles. The molecule has 0 aromatic carbocycles. The van der Waals surface area contributed by atoms with Crippen LogP contribution in [-0.2, 0) is 12.8 Å². The van der Waals surface area contributed by atoms with Crippen molar-refractivity contribution in [3.63, 3.8) is 0 Å². The predicted molar refractivity (Wildman–Crippen MR) is 52.6 cm³/mol. The van der Waals surface area contributed by atoms with E-state index in [9.17, 15) is 0 Å². The second-order valence-electron chi connectivity index (χ2n) is 2.76. The Kier molecular flexibility index (Phi) is 2.49. The van der Waals surface area contributed by atoms with Gasteiger partial charge >= 0.3 is 0 Å². The molecule has 1 N–H and O–H groups in total. The van der Waals surface area contributed by atoms with Crippen molar-refractivity contribution in [2.75, 3.05) is 13.1 Å². The van der Waals surface area contributed by atoms with Gasteiger partial charge in [-0.2, -0.15) is 0 Å². The summed E-state index contributed by atoms with van der Waals surface area (Å²) < 4.78 is 1.92. The molecule has 0 unspecified atom stereocenters. The summed E-state index contributed by atoms with van der Waals surface area (Å²) >= 11 is 1.67. The molecule has 0 aliphatic carbocycles. The molecule has 0 atom stereocenters. The molecule has 70 valence electrons. The lowest BCUT2D eigenvalue weighted by Gasteiger charge is -2.00. The van der Waals surface area contributed by atoms with Gasteiger partial charge in [0.2, 0.25) is 0 Å². The Labute approximate surface area is 80.6 Å². The first-order chi connectivity index (χ1) is 6.36. The van der Waals surface area contributed by atoms with E-state index in [1.807, 2.05) is 11.6 Å². The molecule has 0 fully saturated rings. The van der Waals surface area contributed by atoms with E-state index in [4.69, 9.17) is 0 Å². The fourth-order valence-electron chi connectivity index (χ4n) is 1.04. The largest absolute Gasteiger partial charge is 0.363 e. The third-order valence-corrected chi connectivity index (χ3v) is 2.74. The standard InChI is InChI=1S/C7H11N5S/c1-12-5-10-11-6(12)4-13-7-8-2-3-9-7/h5H,2-4H2,1H3,(H,8,9). The number of nitrogens with zero attached hydrogens (tertiary/aromatic N) is 4. The van der Waals surface area contributed by atoms with Crippen LogP contribution in [0.5, 0.6) is 0 Å². The first-order valence-corrected chi connectivity index (χ1v) is 5.09. The minimum Gasteiger partial charge on any atom is -0.363 e. The maximum absolute atomic E-state index is 4.28. The fourth-order valence-corrected chi connectivity index (χ4v) is 1.96. The van der Waals surface area contributed by atoms with Crippen molar-refractivity contribution in [1.29, 1.82) is 0 Å². The van der Waals surface area contributed by atoms with Gasteiger partial charge in [-0.25, -0.2) is 0 Å². The summed E-state index contributed by atoms with van der Waals surface area (Å²) in [6, 6.07) is 0. The van der Waals surface area contributed by atoms with E-state index in [0.717, 1.165) is 29.8 Å². The van der Waals surface area contributed by atoms with Gasteiger partial charge in [-0.1, -0.05) is 11.8 Å². The van der Waals surface area contributed by atoms with Gasteiger partial charge in [0.05, 0.1) is 12.3 Å². The van der Waals surface area contributed by atoms with Gasteiger partial charge in [0.15, 0.2) is 5.17 Å². The Bertz CT molecular complexity index is 318. The molecule has 13 heavy (non-hydrogen) atoms. The number of rotatable bonds is 2. The van der Waals surface area contributed by atoms with E-state index in [2.05, 4.69) is 20.5 Å². The number of aromatic nitrogens is 3. The number of aliphatic imine (C=N–C) groups is 1. The molecule has 0 amide bonds. The minimum atomic E-state index is 0.822. The van der Waals surface area contributed by atoms with Crippen LogP contribution in [0.4, 0.5) is 0 Å². The van der Waals surface area contributed by atoms with E-state index in [1.165, 1.54) is 0 Å². The SMILES string of the molecule is Cn1cnnc1CSC1=NCCN1. The summed E-state index contributed by atoms with van der Waals surface area (Å²) in [6.07, 6.45) is 1.71. The molecule has 1 aliphatic heterocycles.